The first kappa shape index (κ1) is 17.9. The summed E-state index contributed by atoms with van der Waals surface area (Å²) in [5.41, 5.74) is 4.17. The van der Waals surface area contributed by atoms with E-state index in [1.54, 1.807) is 6.07 Å². The molecule has 4 rings (SSSR count). The van der Waals surface area contributed by atoms with Gasteiger partial charge in [0.2, 0.25) is 0 Å². The van der Waals surface area contributed by atoms with Crippen molar-refractivity contribution in [2.75, 3.05) is 0 Å². The van der Waals surface area contributed by atoms with Crippen LogP contribution >= 0.6 is 11.8 Å². The third kappa shape index (κ3) is 3.91. The molecule has 2 aliphatic rings. The molecule has 1 atom stereocenters. The van der Waals surface area contributed by atoms with E-state index >= 15 is 0 Å². The molecule has 0 bridgehead atoms. The molecule has 2 heteroatoms. The van der Waals surface area contributed by atoms with Crippen molar-refractivity contribution in [3.63, 3.8) is 0 Å². The summed E-state index contributed by atoms with van der Waals surface area (Å²) >= 11 is 1.89. The van der Waals surface area contributed by atoms with Crippen LogP contribution in [0.2, 0.25) is 0 Å². The first-order valence-corrected chi connectivity index (χ1v) is 10.9. The van der Waals surface area contributed by atoms with Crippen LogP contribution in [0.15, 0.2) is 48.5 Å². The third-order valence-electron chi connectivity index (χ3n) is 5.74. The molecule has 1 heterocycles. The fraction of sp³-hybridized carbons (Fsp3) is 0.417. The molecule has 1 saturated carbocycles. The van der Waals surface area contributed by atoms with E-state index in [1.807, 2.05) is 17.8 Å². The van der Waals surface area contributed by atoms with Crippen LogP contribution in [0.3, 0.4) is 0 Å². The van der Waals surface area contributed by atoms with Gasteiger partial charge in [-0.25, -0.2) is 4.39 Å². The van der Waals surface area contributed by atoms with Crippen LogP contribution in [0.1, 0.15) is 56.6 Å². The summed E-state index contributed by atoms with van der Waals surface area (Å²) in [5, 5.41) is 0.653. The van der Waals surface area contributed by atoms with Gasteiger partial charge in [-0.15, -0.1) is 11.8 Å². The van der Waals surface area contributed by atoms with Gasteiger partial charge in [0.05, 0.1) is 0 Å². The second-order valence-corrected chi connectivity index (χ2v) is 9.06. The van der Waals surface area contributed by atoms with Crippen molar-refractivity contribution >= 4 is 16.7 Å². The predicted molar refractivity (Wildman–Crippen MR) is 112 cm³/mol. The number of allylic oxidation sites excluding steroid dienone is 1. The largest absolute Gasteiger partial charge is 0.206 e. The minimum Gasteiger partial charge on any atom is -0.206 e. The molecule has 0 aromatic heterocycles. The number of hydrogen-bond donors (Lipinski definition) is 0. The lowest BCUT2D eigenvalue weighted by Crippen LogP contribution is -2.15. The molecular formula is C24H27FS. The minimum atomic E-state index is -0.0943. The van der Waals surface area contributed by atoms with Crippen LogP contribution in [-0.2, 0) is 6.42 Å². The fourth-order valence-electron chi connectivity index (χ4n) is 3.98. The summed E-state index contributed by atoms with van der Waals surface area (Å²) in [5.74, 6) is 0.825. The summed E-state index contributed by atoms with van der Waals surface area (Å²) in [6.07, 6.45) is 11.1. The maximum Gasteiger partial charge on any atom is 0.132 e. The zero-order valence-corrected chi connectivity index (χ0v) is 16.3. The SMILES string of the molecule is CCCc1ccc(-c2ccc(C3=CCC(CC4CCC4)S3)c(F)c2)cc1. The monoisotopic (exact) mass is 366 g/mol. The van der Waals surface area contributed by atoms with Crippen LogP contribution in [0.25, 0.3) is 16.0 Å². The number of aryl methyl sites for hydroxylation is 1. The second kappa shape index (κ2) is 8.00. The summed E-state index contributed by atoms with van der Waals surface area (Å²) in [7, 11) is 0. The Kier molecular flexibility index (Phi) is 5.49. The van der Waals surface area contributed by atoms with Crippen molar-refractivity contribution in [3.8, 4) is 11.1 Å². The normalized spacial score (nSPS) is 20.1. The molecule has 2 aromatic carbocycles. The Morgan fingerprint density at radius 3 is 2.46 bits per heavy atom. The molecule has 1 fully saturated rings. The molecule has 0 radical (unpaired) electrons. The quantitative estimate of drug-likeness (QED) is 0.510. The van der Waals surface area contributed by atoms with Gasteiger partial charge >= 0.3 is 0 Å². The third-order valence-corrected chi connectivity index (χ3v) is 7.10. The van der Waals surface area contributed by atoms with Crippen molar-refractivity contribution in [1.82, 2.24) is 0 Å². The summed E-state index contributed by atoms with van der Waals surface area (Å²) < 4.78 is 14.8. The Bertz CT molecular complexity index is 786. The summed E-state index contributed by atoms with van der Waals surface area (Å²) in [4.78, 5) is 1.14. The summed E-state index contributed by atoms with van der Waals surface area (Å²) in [6, 6.07) is 14.3. The molecule has 1 aliphatic heterocycles. The molecule has 2 aromatic rings. The first-order chi connectivity index (χ1) is 12.7. The molecule has 1 unspecified atom stereocenters. The lowest BCUT2D eigenvalue weighted by molar-refractivity contribution is 0.294. The molecule has 0 spiro atoms. The van der Waals surface area contributed by atoms with E-state index in [2.05, 4.69) is 43.3 Å². The van der Waals surface area contributed by atoms with Crippen LogP contribution < -0.4 is 0 Å². The van der Waals surface area contributed by atoms with E-state index in [4.69, 9.17) is 0 Å². The van der Waals surface area contributed by atoms with Gasteiger partial charge in [0.1, 0.15) is 5.82 Å². The standard InChI is InChI=1S/C24H27FS/c1-2-4-17-7-9-19(10-8-17)20-11-13-22(23(25)16-20)24-14-12-21(26-24)15-18-5-3-6-18/h7-11,13-14,16,18,21H,2-6,12,15H2,1H3. The molecule has 0 nitrogen and oxygen atoms in total. The lowest BCUT2D eigenvalue weighted by atomic mass is 9.82. The zero-order valence-electron chi connectivity index (χ0n) is 15.5. The number of rotatable bonds is 6. The van der Waals surface area contributed by atoms with Crippen molar-refractivity contribution in [3.05, 3.63) is 65.5 Å². The highest BCUT2D eigenvalue weighted by atomic mass is 32.2. The second-order valence-electron chi connectivity index (χ2n) is 7.72. The van der Waals surface area contributed by atoms with E-state index < -0.39 is 0 Å². The topological polar surface area (TPSA) is 0 Å². The van der Waals surface area contributed by atoms with Gasteiger partial charge in [0.15, 0.2) is 0 Å². The van der Waals surface area contributed by atoms with Gasteiger partial charge < -0.3 is 0 Å². The van der Waals surface area contributed by atoms with E-state index in [0.29, 0.717) is 5.25 Å². The van der Waals surface area contributed by atoms with E-state index in [9.17, 15) is 4.39 Å². The number of thioether (sulfide) groups is 1. The molecule has 136 valence electrons. The maximum absolute atomic E-state index is 14.8. The Labute approximate surface area is 160 Å². The van der Waals surface area contributed by atoms with Gasteiger partial charge in [0.25, 0.3) is 0 Å². The molecule has 0 N–H and O–H groups in total. The first-order valence-electron chi connectivity index (χ1n) is 9.99. The zero-order chi connectivity index (χ0) is 17.9. The molecule has 0 saturated heterocycles. The number of benzene rings is 2. The van der Waals surface area contributed by atoms with Gasteiger partial charge in [-0.1, -0.05) is 75.1 Å². The van der Waals surface area contributed by atoms with Crippen molar-refractivity contribution in [1.29, 1.82) is 0 Å². The van der Waals surface area contributed by atoms with Gasteiger partial charge in [0, 0.05) is 15.7 Å². The van der Waals surface area contributed by atoms with Gasteiger partial charge in [-0.3, -0.25) is 0 Å². The highest BCUT2D eigenvalue weighted by molar-refractivity contribution is 8.09. The van der Waals surface area contributed by atoms with Crippen molar-refractivity contribution in [2.45, 2.75) is 57.1 Å². The van der Waals surface area contributed by atoms with E-state index in [-0.39, 0.29) is 5.82 Å². The molecule has 26 heavy (non-hydrogen) atoms. The molecule has 1 aliphatic carbocycles. The van der Waals surface area contributed by atoms with Crippen LogP contribution in [-0.4, -0.2) is 5.25 Å². The fourth-order valence-corrected chi connectivity index (χ4v) is 5.38. The maximum atomic E-state index is 14.8. The average Bonchev–Trinajstić information content (AvgIpc) is 3.07. The lowest BCUT2D eigenvalue weighted by Gasteiger charge is -2.27. The molecule has 0 amide bonds. The Morgan fingerprint density at radius 1 is 1.04 bits per heavy atom. The van der Waals surface area contributed by atoms with Gasteiger partial charge in [-0.05, 0) is 47.9 Å². The van der Waals surface area contributed by atoms with Crippen LogP contribution in [0, 0.1) is 11.7 Å². The summed E-state index contributed by atoms with van der Waals surface area (Å²) in [6.45, 7) is 2.19. The van der Waals surface area contributed by atoms with E-state index in [1.165, 1.54) is 31.2 Å². The van der Waals surface area contributed by atoms with E-state index in [0.717, 1.165) is 46.8 Å². The Balaban J connectivity index is 1.46. The highest BCUT2D eigenvalue weighted by Gasteiger charge is 2.26. The number of hydrogen-bond acceptors (Lipinski definition) is 1. The van der Waals surface area contributed by atoms with Gasteiger partial charge in [-0.2, -0.15) is 0 Å². The van der Waals surface area contributed by atoms with Crippen molar-refractivity contribution in [2.24, 2.45) is 5.92 Å². The van der Waals surface area contributed by atoms with Crippen LogP contribution in [0.4, 0.5) is 4.39 Å². The van der Waals surface area contributed by atoms with Crippen LogP contribution in [0.5, 0.6) is 0 Å². The average molecular weight is 367 g/mol. The Hall–Kier alpha value is -1.54. The highest BCUT2D eigenvalue weighted by Crippen LogP contribution is 2.45. The Morgan fingerprint density at radius 2 is 1.81 bits per heavy atom. The minimum absolute atomic E-state index is 0.0943. The smallest absolute Gasteiger partial charge is 0.132 e. The molecular weight excluding hydrogens is 339 g/mol. The predicted octanol–water partition coefficient (Wildman–Crippen LogP) is 7.48. The number of halogens is 1. The van der Waals surface area contributed by atoms with Crippen molar-refractivity contribution < 1.29 is 4.39 Å².